The molecule has 1 aliphatic heterocycles. The Hall–Kier alpha value is -5.25. The Bertz CT molecular complexity index is 1610. The average molecular weight is 550 g/mol. The van der Waals surface area contributed by atoms with E-state index < -0.39 is 11.9 Å². The van der Waals surface area contributed by atoms with Gasteiger partial charge in [0.2, 0.25) is 0 Å². The summed E-state index contributed by atoms with van der Waals surface area (Å²) in [6.07, 6.45) is 3.97. The zero-order valence-electron chi connectivity index (χ0n) is 22.7. The van der Waals surface area contributed by atoms with Crippen LogP contribution in [0.4, 0.5) is 5.82 Å². The molecule has 1 atom stereocenters. The number of primary amides is 1. The number of aryl methyl sites for hydroxylation is 1. The number of anilines is 1. The lowest BCUT2D eigenvalue weighted by molar-refractivity contribution is -0.128. The minimum absolute atomic E-state index is 0.0147. The van der Waals surface area contributed by atoms with Gasteiger partial charge in [-0.05, 0) is 55.5 Å². The summed E-state index contributed by atoms with van der Waals surface area (Å²) in [5.41, 5.74) is 9.08. The molecule has 4 aromatic rings. The fraction of sp³-hybridized carbons (Fsp3) is 0.194. The molecule has 1 aliphatic rings. The third kappa shape index (κ3) is 5.58. The van der Waals surface area contributed by atoms with Crippen molar-refractivity contribution in [2.45, 2.75) is 32.2 Å². The number of nitrogens with one attached hydrogen (secondary N) is 1. The van der Waals surface area contributed by atoms with Gasteiger partial charge in [0.05, 0.1) is 6.04 Å². The van der Waals surface area contributed by atoms with Crippen LogP contribution in [-0.4, -0.2) is 43.8 Å². The molecule has 2 aromatic heterocycles. The fourth-order valence-corrected chi connectivity index (χ4v) is 5.01. The minimum atomic E-state index is -0.754. The molecular formula is C31H31N7O3. The van der Waals surface area contributed by atoms with E-state index in [9.17, 15) is 14.4 Å². The first-order chi connectivity index (χ1) is 19.7. The number of pyridine rings is 1. The van der Waals surface area contributed by atoms with Gasteiger partial charge in [-0.15, -0.1) is 0 Å². The molecule has 0 radical (unpaired) electrons. The first kappa shape index (κ1) is 27.3. The van der Waals surface area contributed by atoms with Crippen LogP contribution in [-0.2, 0) is 4.79 Å². The van der Waals surface area contributed by atoms with Crippen LogP contribution >= 0.6 is 0 Å². The van der Waals surface area contributed by atoms with Gasteiger partial charge in [0.1, 0.15) is 11.5 Å². The first-order valence-corrected chi connectivity index (χ1v) is 13.3. The molecule has 2 aromatic carbocycles. The number of piperidine rings is 1. The van der Waals surface area contributed by atoms with Crippen LogP contribution in [0, 0.1) is 6.92 Å². The summed E-state index contributed by atoms with van der Waals surface area (Å²) in [6.45, 7) is 6.46. The van der Waals surface area contributed by atoms with E-state index in [4.69, 9.17) is 16.6 Å². The molecule has 5 N–H and O–H groups in total. The van der Waals surface area contributed by atoms with Crippen molar-refractivity contribution >= 4 is 29.1 Å². The quantitative estimate of drug-likeness (QED) is 0.234. The van der Waals surface area contributed by atoms with Crippen molar-refractivity contribution in [3.63, 3.8) is 0 Å². The number of nitrogens with zero attached hydrogens (tertiary/aromatic N) is 4. The minimum Gasteiger partial charge on any atom is -0.364 e. The zero-order chi connectivity index (χ0) is 29.1. The Labute approximate surface area is 237 Å². The van der Waals surface area contributed by atoms with Crippen LogP contribution in [0.3, 0.4) is 0 Å². The van der Waals surface area contributed by atoms with Crippen LogP contribution in [0.2, 0.25) is 0 Å². The average Bonchev–Trinajstić information content (AvgIpc) is 3.35. The van der Waals surface area contributed by atoms with Crippen LogP contribution in [0.1, 0.15) is 63.1 Å². The fourth-order valence-electron chi connectivity index (χ4n) is 5.01. The molecule has 5 rings (SSSR count). The van der Waals surface area contributed by atoms with Gasteiger partial charge in [0.15, 0.2) is 11.5 Å². The Kier molecular flexibility index (Phi) is 7.64. The molecule has 41 heavy (non-hydrogen) atoms. The van der Waals surface area contributed by atoms with Crippen molar-refractivity contribution in [3.8, 4) is 11.3 Å². The molecular weight excluding hydrogens is 518 g/mol. The molecule has 1 saturated heterocycles. The van der Waals surface area contributed by atoms with E-state index in [1.165, 1.54) is 4.68 Å². The number of nitrogens with two attached hydrogens (primary N) is 2. The molecule has 0 spiro atoms. The van der Waals surface area contributed by atoms with Crippen molar-refractivity contribution in [3.05, 3.63) is 108 Å². The Balaban J connectivity index is 1.44. The molecule has 0 aliphatic carbocycles. The van der Waals surface area contributed by atoms with Crippen molar-refractivity contribution < 1.29 is 14.4 Å². The third-order valence-electron chi connectivity index (χ3n) is 7.19. The lowest BCUT2D eigenvalue weighted by Crippen LogP contribution is -2.41. The van der Waals surface area contributed by atoms with Crippen molar-refractivity contribution in [2.24, 2.45) is 5.73 Å². The van der Waals surface area contributed by atoms with Crippen LogP contribution in [0.15, 0.2) is 79.5 Å². The molecule has 10 heteroatoms. The van der Waals surface area contributed by atoms with E-state index in [-0.39, 0.29) is 23.2 Å². The van der Waals surface area contributed by atoms with Gasteiger partial charge in [-0.3, -0.25) is 14.4 Å². The lowest BCUT2D eigenvalue weighted by Gasteiger charge is -2.35. The molecule has 3 amide bonds. The van der Waals surface area contributed by atoms with Crippen LogP contribution < -0.4 is 16.9 Å². The number of rotatable bonds is 7. The molecule has 3 heterocycles. The summed E-state index contributed by atoms with van der Waals surface area (Å²) in [5.74, 6) is 5.91. The normalized spacial score (nSPS) is 14.9. The van der Waals surface area contributed by atoms with E-state index in [2.05, 4.69) is 16.9 Å². The molecule has 1 fully saturated rings. The maximum Gasteiger partial charge on any atom is 0.269 e. The predicted octanol–water partition coefficient (Wildman–Crippen LogP) is 4.09. The summed E-state index contributed by atoms with van der Waals surface area (Å²) in [7, 11) is 0. The van der Waals surface area contributed by atoms with Gasteiger partial charge in [-0.25, -0.2) is 14.6 Å². The highest BCUT2D eigenvalue weighted by Crippen LogP contribution is 2.35. The maximum absolute atomic E-state index is 13.6. The topological polar surface area (TPSA) is 149 Å². The number of hydrogen-bond acceptors (Lipinski definition) is 6. The number of hydrogen-bond donors (Lipinski definition) is 3. The third-order valence-corrected chi connectivity index (χ3v) is 7.19. The Morgan fingerprint density at radius 1 is 0.976 bits per heavy atom. The van der Waals surface area contributed by atoms with Crippen molar-refractivity contribution in [1.82, 2.24) is 19.5 Å². The molecule has 1 unspecified atom stereocenters. The van der Waals surface area contributed by atoms with E-state index in [0.717, 1.165) is 24.0 Å². The van der Waals surface area contributed by atoms with Crippen LogP contribution in [0.5, 0.6) is 0 Å². The van der Waals surface area contributed by atoms with E-state index in [1.54, 1.807) is 41.4 Å². The second kappa shape index (κ2) is 11.5. The monoisotopic (exact) mass is 549 g/mol. The highest BCUT2D eigenvalue weighted by molar-refractivity contribution is 6.18. The van der Waals surface area contributed by atoms with Gasteiger partial charge in [-0.1, -0.05) is 55.1 Å². The van der Waals surface area contributed by atoms with E-state index >= 15 is 0 Å². The maximum atomic E-state index is 13.6. The smallest absolute Gasteiger partial charge is 0.269 e. The Morgan fingerprint density at radius 3 is 2.37 bits per heavy atom. The second-order valence-corrected chi connectivity index (χ2v) is 10.0. The van der Waals surface area contributed by atoms with Crippen molar-refractivity contribution in [1.29, 1.82) is 0 Å². The summed E-state index contributed by atoms with van der Waals surface area (Å²) in [6, 6.07) is 19.0. The van der Waals surface area contributed by atoms with Gasteiger partial charge in [0.25, 0.3) is 17.7 Å². The van der Waals surface area contributed by atoms with Gasteiger partial charge in [0, 0.05) is 29.4 Å². The van der Waals surface area contributed by atoms with Crippen LogP contribution in [0.25, 0.3) is 16.8 Å². The highest BCUT2D eigenvalue weighted by atomic mass is 16.2. The number of carbonyl (C=O) groups is 3. The molecule has 0 saturated carbocycles. The lowest BCUT2D eigenvalue weighted by atomic mass is 9.98. The zero-order valence-corrected chi connectivity index (χ0v) is 22.7. The number of benzene rings is 2. The van der Waals surface area contributed by atoms with Gasteiger partial charge in [-0.2, -0.15) is 0 Å². The standard InChI is InChI=1S/C31H31N7O3/c1-19-11-16-25(34-18-19)35-30(40)23-14-12-22(13-15-23)26-27(28(32)39)38(33)29(36-26)24-10-6-7-17-37(24)31(41)20(2)21-8-4-3-5-9-21/h3-5,8-9,11-16,18,24H,2,6-7,10,17,33H2,1H3,(H2,32,39)(H,34,35,40). The number of aromatic nitrogens is 3. The molecule has 0 bridgehead atoms. The van der Waals surface area contributed by atoms with E-state index in [0.29, 0.717) is 41.3 Å². The van der Waals surface area contributed by atoms with E-state index in [1.807, 2.05) is 43.3 Å². The summed E-state index contributed by atoms with van der Waals surface area (Å²) >= 11 is 0. The highest BCUT2D eigenvalue weighted by Gasteiger charge is 2.35. The number of amides is 3. The predicted molar refractivity (Wildman–Crippen MR) is 157 cm³/mol. The van der Waals surface area contributed by atoms with Crippen molar-refractivity contribution in [2.75, 3.05) is 17.7 Å². The second-order valence-electron chi connectivity index (χ2n) is 10.0. The number of nitrogen functional groups attached to an aromatic ring is 1. The molecule has 10 nitrogen and oxygen atoms in total. The number of imidazole rings is 1. The summed E-state index contributed by atoms with van der Waals surface area (Å²) < 4.78 is 1.18. The van der Waals surface area contributed by atoms with Gasteiger partial charge >= 0.3 is 0 Å². The van der Waals surface area contributed by atoms with Gasteiger partial charge < -0.3 is 21.8 Å². The SMILES string of the molecule is C=C(C(=O)N1CCCCC1c1nc(-c2ccc(C(=O)Nc3ccc(C)cn3)cc2)c(C(N)=O)n1N)c1ccccc1. The number of carbonyl (C=O) groups excluding carboxylic acids is 3. The Morgan fingerprint density at radius 2 is 1.71 bits per heavy atom. The summed E-state index contributed by atoms with van der Waals surface area (Å²) in [5, 5.41) is 2.76. The summed E-state index contributed by atoms with van der Waals surface area (Å²) in [4.78, 5) is 49.5. The molecule has 208 valence electrons. The number of likely N-dealkylation sites (tertiary alicyclic amines) is 1. The largest absolute Gasteiger partial charge is 0.364 e. The first-order valence-electron chi connectivity index (χ1n) is 13.3.